The maximum atomic E-state index is 12.2. The summed E-state index contributed by atoms with van der Waals surface area (Å²) in [6, 6.07) is -0.210. The molecule has 0 aromatic rings. The number of nitrogens with zero attached hydrogens (tertiary/aromatic N) is 1. The van der Waals surface area contributed by atoms with Crippen molar-refractivity contribution in [3.8, 4) is 0 Å². The molecule has 2 rings (SSSR count). The molecule has 17 heavy (non-hydrogen) atoms. The van der Waals surface area contributed by atoms with E-state index in [1.807, 2.05) is 13.2 Å². The van der Waals surface area contributed by atoms with Gasteiger partial charge in [-0.2, -0.15) is 11.8 Å². The van der Waals surface area contributed by atoms with E-state index < -0.39 is 0 Å². The zero-order valence-corrected chi connectivity index (χ0v) is 11.1. The van der Waals surface area contributed by atoms with Crippen LogP contribution in [-0.4, -0.2) is 46.0 Å². The summed E-state index contributed by atoms with van der Waals surface area (Å²) in [6.45, 7) is 1.85. The second-order valence-corrected chi connectivity index (χ2v) is 6.03. The molecule has 0 spiro atoms. The minimum absolute atomic E-state index is 0.00523. The predicted octanol–water partition coefficient (Wildman–Crippen LogP) is 0.884. The van der Waals surface area contributed by atoms with Crippen molar-refractivity contribution in [2.45, 2.75) is 37.5 Å². The lowest BCUT2D eigenvalue weighted by molar-refractivity contribution is -0.155. The normalized spacial score (nSPS) is 31.8. The Balaban J connectivity index is 2.19. The number of likely N-dealkylation sites (tertiary alicyclic amines) is 1. The first-order valence-electron chi connectivity index (χ1n) is 6.10. The Morgan fingerprint density at radius 3 is 2.29 bits per heavy atom. The van der Waals surface area contributed by atoms with Crippen LogP contribution in [0.25, 0.3) is 0 Å². The Hall–Kier alpha value is -0.550. The van der Waals surface area contributed by atoms with Gasteiger partial charge in [0.05, 0.1) is 12.6 Å². The van der Waals surface area contributed by atoms with E-state index >= 15 is 0 Å². The maximum Gasteiger partial charge on any atom is 0.232 e. The van der Waals surface area contributed by atoms with Crippen LogP contribution in [0.1, 0.15) is 26.2 Å². The Kier molecular flexibility index (Phi) is 3.78. The van der Waals surface area contributed by atoms with Crippen LogP contribution in [-0.2, 0) is 9.59 Å². The summed E-state index contributed by atoms with van der Waals surface area (Å²) >= 11 is 1.50. The van der Waals surface area contributed by atoms with Gasteiger partial charge < -0.3 is 5.11 Å². The van der Waals surface area contributed by atoms with Gasteiger partial charge in [0.25, 0.3) is 0 Å². The van der Waals surface area contributed by atoms with Gasteiger partial charge in [-0.15, -0.1) is 0 Å². The average molecular weight is 257 g/mol. The zero-order chi connectivity index (χ0) is 12.6. The highest BCUT2D eigenvalue weighted by atomic mass is 32.2. The second-order valence-electron chi connectivity index (χ2n) is 4.95. The van der Waals surface area contributed by atoms with Crippen molar-refractivity contribution < 1.29 is 14.7 Å². The van der Waals surface area contributed by atoms with Crippen LogP contribution < -0.4 is 0 Å². The number of hydrogen-bond acceptors (Lipinski definition) is 4. The van der Waals surface area contributed by atoms with Crippen molar-refractivity contribution in [3.63, 3.8) is 0 Å². The van der Waals surface area contributed by atoms with E-state index in [2.05, 4.69) is 0 Å². The molecule has 96 valence electrons. The third-order valence-electron chi connectivity index (χ3n) is 4.03. The molecule has 0 radical (unpaired) electrons. The van der Waals surface area contributed by atoms with E-state index in [1.165, 1.54) is 16.7 Å². The van der Waals surface area contributed by atoms with Gasteiger partial charge in [-0.25, -0.2) is 0 Å². The molecule has 2 fully saturated rings. The quantitative estimate of drug-likeness (QED) is 0.760. The highest BCUT2D eigenvalue weighted by Crippen LogP contribution is 2.39. The van der Waals surface area contributed by atoms with Crippen molar-refractivity contribution in [3.05, 3.63) is 0 Å². The molecule has 4 atom stereocenters. The summed E-state index contributed by atoms with van der Waals surface area (Å²) in [7, 11) is 0. The number of amides is 2. The number of imide groups is 1. The molecule has 1 aliphatic carbocycles. The molecular formula is C12H19NO3S. The summed E-state index contributed by atoms with van der Waals surface area (Å²) < 4.78 is 0. The van der Waals surface area contributed by atoms with Gasteiger partial charge >= 0.3 is 0 Å². The van der Waals surface area contributed by atoms with Crippen LogP contribution in [0.3, 0.4) is 0 Å². The van der Waals surface area contributed by atoms with Crippen molar-refractivity contribution >= 4 is 23.6 Å². The molecule has 4 nitrogen and oxygen atoms in total. The van der Waals surface area contributed by atoms with Crippen LogP contribution in [0.4, 0.5) is 0 Å². The van der Waals surface area contributed by atoms with Crippen molar-refractivity contribution in [2.24, 2.45) is 11.8 Å². The average Bonchev–Trinajstić information content (AvgIpc) is 2.75. The number of aliphatic hydroxyl groups excluding tert-OH is 1. The lowest BCUT2D eigenvalue weighted by Crippen LogP contribution is -2.54. The molecule has 0 aromatic carbocycles. The number of piperidine rings is 1. The van der Waals surface area contributed by atoms with Gasteiger partial charge in [0.2, 0.25) is 11.8 Å². The van der Waals surface area contributed by atoms with Crippen LogP contribution in [0.2, 0.25) is 0 Å². The van der Waals surface area contributed by atoms with E-state index in [9.17, 15) is 14.7 Å². The predicted molar refractivity (Wildman–Crippen MR) is 66.5 cm³/mol. The summed E-state index contributed by atoms with van der Waals surface area (Å²) in [5.74, 6) is 0.0372. The molecule has 1 saturated carbocycles. The number of aliphatic hydroxyl groups is 1. The first-order valence-corrected chi connectivity index (χ1v) is 7.39. The third kappa shape index (κ3) is 2.10. The molecule has 2 bridgehead atoms. The molecule has 1 N–H and O–H groups in total. The van der Waals surface area contributed by atoms with Gasteiger partial charge in [0, 0.05) is 17.1 Å². The molecular weight excluding hydrogens is 238 g/mol. The van der Waals surface area contributed by atoms with E-state index in [1.54, 1.807) is 0 Å². The molecule has 1 heterocycles. The molecule has 0 aromatic heterocycles. The Morgan fingerprint density at radius 1 is 1.35 bits per heavy atom. The maximum absolute atomic E-state index is 12.2. The first-order chi connectivity index (χ1) is 8.10. The SMILES string of the molecule is CSC(CO)C(C)N1C(=O)C2CCC(C2)C1=O. The summed E-state index contributed by atoms with van der Waals surface area (Å²) in [6.07, 6.45) is 4.33. The van der Waals surface area contributed by atoms with E-state index in [0.29, 0.717) is 0 Å². The number of thioether (sulfide) groups is 1. The van der Waals surface area contributed by atoms with Crippen molar-refractivity contribution in [1.82, 2.24) is 4.90 Å². The van der Waals surface area contributed by atoms with Crippen LogP contribution >= 0.6 is 11.8 Å². The Morgan fingerprint density at radius 2 is 1.88 bits per heavy atom. The minimum atomic E-state index is -0.210. The fraction of sp³-hybridized carbons (Fsp3) is 0.833. The largest absolute Gasteiger partial charge is 0.395 e. The van der Waals surface area contributed by atoms with Crippen molar-refractivity contribution in [2.75, 3.05) is 12.9 Å². The fourth-order valence-corrected chi connectivity index (χ4v) is 3.59. The van der Waals surface area contributed by atoms with Crippen molar-refractivity contribution in [1.29, 1.82) is 0 Å². The Labute approximate surface area is 106 Å². The molecule has 1 saturated heterocycles. The number of fused-ring (bicyclic) bond motifs is 2. The highest BCUT2D eigenvalue weighted by molar-refractivity contribution is 7.99. The van der Waals surface area contributed by atoms with Gasteiger partial charge in [-0.1, -0.05) is 0 Å². The van der Waals surface area contributed by atoms with Gasteiger partial charge in [-0.3, -0.25) is 14.5 Å². The van der Waals surface area contributed by atoms with Gasteiger partial charge in [-0.05, 0) is 32.4 Å². The highest BCUT2D eigenvalue weighted by Gasteiger charge is 2.47. The van der Waals surface area contributed by atoms with E-state index in [4.69, 9.17) is 0 Å². The van der Waals surface area contributed by atoms with Crippen LogP contribution in [0, 0.1) is 11.8 Å². The summed E-state index contributed by atoms with van der Waals surface area (Å²) in [5.41, 5.74) is 0. The van der Waals surface area contributed by atoms with Crippen LogP contribution in [0.5, 0.6) is 0 Å². The minimum Gasteiger partial charge on any atom is -0.395 e. The second kappa shape index (κ2) is 4.98. The lowest BCUT2D eigenvalue weighted by Gasteiger charge is -2.37. The molecule has 4 unspecified atom stereocenters. The lowest BCUT2D eigenvalue weighted by atomic mass is 9.95. The molecule has 2 aliphatic rings. The van der Waals surface area contributed by atoms with Gasteiger partial charge in [0.15, 0.2) is 0 Å². The molecule has 5 heteroatoms. The third-order valence-corrected chi connectivity index (χ3v) is 5.18. The first kappa shape index (κ1) is 12.9. The molecule has 1 aliphatic heterocycles. The summed E-state index contributed by atoms with van der Waals surface area (Å²) in [4.78, 5) is 25.8. The zero-order valence-electron chi connectivity index (χ0n) is 10.3. The number of hydrogen-bond donors (Lipinski definition) is 1. The van der Waals surface area contributed by atoms with Gasteiger partial charge in [0.1, 0.15) is 0 Å². The molecule has 2 amide bonds. The fourth-order valence-electron chi connectivity index (χ4n) is 2.92. The standard InChI is InChI=1S/C12H19NO3S/c1-7(10(6-14)17-2)13-11(15)8-3-4-9(5-8)12(13)16/h7-10,14H,3-6H2,1-2H3. The van der Waals surface area contributed by atoms with Crippen LogP contribution in [0.15, 0.2) is 0 Å². The number of rotatable bonds is 4. The van der Waals surface area contributed by atoms with E-state index in [-0.39, 0.29) is 41.5 Å². The Bertz CT molecular complexity index is 308. The monoisotopic (exact) mass is 257 g/mol. The summed E-state index contributed by atoms with van der Waals surface area (Å²) in [5, 5.41) is 9.19. The number of carbonyl (C=O) groups excluding carboxylic acids is 2. The number of carbonyl (C=O) groups is 2. The topological polar surface area (TPSA) is 57.6 Å². The van der Waals surface area contributed by atoms with E-state index in [0.717, 1.165) is 19.3 Å². The smallest absolute Gasteiger partial charge is 0.232 e.